The molecule has 2 aromatic heterocycles. The molecule has 2 aromatic rings. The quantitative estimate of drug-likeness (QED) is 0.797. The molecule has 16 heavy (non-hydrogen) atoms. The van der Waals surface area contributed by atoms with Crippen molar-refractivity contribution in [2.45, 2.75) is 25.8 Å². The molecule has 5 heteroatoms. The van der Waals surface area contributed by atoms with Crippen molar-refractivity contribution < 1.29 is 5.11 Å². The smallest absolute Gasteiger partial charge is 0.243 e. The molecule has 2 rings (SSSR count). The SMILES string of the molecule is CC(CCCO)Nc1nc2ccccn2n1. The minimum atomic E-state index is 0.227. The molecule has 0 aliphatic carbocycles. The number of nitrogens with zero attached hydrogens (tertiary/aromatic N) is 3. The lowest BCUT2D eigenvalue weighted by molar-refractivity contribution is 0.282. The number of fused-ring (bicyclic) bond motifs is 1. The van der Waals surface area contributed by atoms with Gasteiger partial charge in [0, 0.05) is 18.8 Å². The fourth-order valence-electron chi connectivity index (χ4n) is 1.58. The number of rotatable bonds is 5. The number of pyridine rings is 1. The molecule has 2 N–H and O–H groups in total. The van der Waals surface area contributed by atoms with Crippen LogP contribution in [0.3, 0.4) is 0 Å². The Morgan fingerprint density at radius 2 is 2.38 bits per heavy atom. The van der Waals surface area contributed by atoms with E-state index in [0.29, 0.717) is 5.95 Å². The maximum Gasteiger partial charge on any atom is 0.243 e. The first-order valence-electron chi connectivity index (χ1n) is 5.48. The van der Waals surface area contributed by atoms with Crippen molar-refractivity contribution in [3.8, 4) is 0 Å². The van der Waals surface area contributed by atoms with Crippen molar-refractivity contribution in [1.29, 1.82) is 0 Å². The van der Waals surface area contributed by atoms with E-state index in [-0.39, 0.29) is 12.6 Å². The van der Waals surface area contributed by atoms with Gasteiger partial charge in [-0.2, -0.15) is 4.98 Å². The van der Waals surface area contributed by atoms with Crippen LogP contribution in [0.1, 0.15) is 19.8 Å². The Bertz CT molecular complexity index is 421. The van der Waals surface area contributed by atoms with E-state index in [2.05, 4.69) is 22.3 Å². The second kappa shape index (κ2) is 4.94. The van der Waals surface area contributed by atoms with Gasteiger partial charge in [0.05, 0.1) is 0 Å². The molecule has 0 fully saturated rings. The van der Waals surface area contributed by atoms with Crippen LogP contribution in [0.2, 0.25) is 0 Å². The van der Waals surface area contributed by atoms with Crippen LogP contribution in [-0.2, 0) is 0 Å². The fraction of sp³-hybridized carbons (Fsp3) is 0.455. The Balaban J connectivity index is 2.03. The third-order valence-electron chi connectivity index (χ3n) is 2.41. The van der Waals surface area contributed by atoms with Crippen LogP contribution in [0.4, 0.5) is 5.95 Å². The highest BCUT2D eigenvalue weighted by Crippen LogP contribution is 2.07. The number of anilines is 1. The lowest BCUT2D eigenvalue weighted by atomic mass is 10.2. The average Bonchev–Trinajstić information content (AvgIpc) is 2.68. The normalized spacial score (nSPS) is 12.9. The van der Waals surface area contributed by atoms with Crippen LogP contribution in [0.5, 0.6) is 0 Å². The first kappa shape index (κ1) is 10.9. The summed E-state index contributed by atoms with van der Waals surface area (Å²) in [6, 6.07) is 6.03. The predicted molar refractivity (Wildman–Crippen MR) is 62.4 cm³/mol. The summed E-state index contributed by atoms with van der Waals surface area (Å²) in [4.78, 5) is 4.34. The van der Waals surface area contributed by atoms with Crippen LogP contribution in [0.25, 0.3) is 5.65 Å². The van der Waals surface area contributed by atoms with E-state index < -0.39 is 0 Å². The molecular weight excluding hydrogens is 204 g/mol. The molecule has 86 valence electrons. The summed E-state index contributed by atoms with van der Waals surface area (Å²) >= 11 is 0. The van der Waals surface area contributed by atoms with Crippen molar-refractivity contribution >= 4 is 11.6 Å². The molecule has 0 radical (unpaired) electrons. The van der Waals surface area contributed by atoms with Gasteiger partial charge in [-0.15, -0.1) is 5.10 Å². The first-order valence-corrected chi connectivity index (χ1v) is 5.48. The maximum atomic E-state index is 8.73. The zero-order chi connectivity index (χ0) is 11.4. The van der Waals surface area contributed by atoms with E-state index in [1.165, 1.54) is 0 Å². The van der Waals surface area contributed by atoms with E-state index in [0.717, 1.165) is 18.5 Å². The molecule has 0 amide bonds. The summed E-state index contributed by atoms with van der Waals surface area (Å²) in [5.41, 5.74) is 0.833. The average molecular weight is 220 g/mol. The van der Waals surface area contributed by atoms with Gasteiger partial charge in [0.2, 0.25) is 5.95 Å². The Kier molecular flexibility index (Phi) is 3.36. The van der Waals surface area contributed by atoms with E-state index in [9.17, 15) is 0 Å². The Hall–Kier alpha value is -1.62. The topological polar surface area (TPSA) is 62.5 Å². The maximum absolute atomic E-state index is 8.73. The molecule has 1 unspecified atom stereocenters. The molecule has 0 saturated heterocycles. The van der Waals surface area contributed by atoms with E-state index in [1.54, 1.807) is 4.52 Å². The summed E-state index contributed by atoms with van der Waals surface area (Å²) in [6.07, 6.45) is 3.57. The lowest BCUT2D eigenvalue weighted by Crippen LogP contribution is -2.16. The number of aliphatic hydroxyl groups excluding tert-OH is 1. The van der Waals surface area contributed by atoms with Gasteiger partial charge in [-0.05, 0) is 31.9 Å². The number of hydrogen-bond acceptors (Lipinski definition) is 4. The van der Waals surface area contributed by atoms with Gasteiger partial charge in [-0.25, -0.2) is 4.52 Å². The second-order valence-electron chi connectivity index (χ2n) is 3.85. The summed E-state index contributed by atoms with van der Waals surface area (Å²) in [5.74, 6) is 0.636. The molecule has 5 nitrogen and oxygen atoms in total. The minimum Gasteiger partial charge on any atom is -0.396 e. The molecule has 0 aliphatic rings. The van der Waals surface area contributed by atoms with Gasteiger partial charge >= 0.3 is 0 Å². The molecule has 0 aromatic carbocycles. The molecule has 2 heterocycles. The number of aliphatic hydroxyl groups is 1. The lowest BCUT2D eigenvalue weighted by Gasteiger charge is -2.10. The zero-order valence-electron chi connectivity index (χ0n) is 9.30. The van der Waals surface area contributed by atoms with Gasteiger partial charge in [0.25, 0.3) is 0 Å². The fourth-order valence-corrected chi connectivity index (χ4v) is 1.58. The van der Waals surface area contributed by atoms with Gasteiger partial charge < -0.3 is 10.4 Å². The van der Waals surface area contributed by atoms with Gasteiger partial charge in [0.1, 0.15) is 0 Å². The Morgan fingerprint density at radius 3 is 3.12 bits per heavy atom. The third-order valence-corrected chi connectivity index (χ3v) is 2.41. The summed E-state index contributed by atoms with van der Waals surface area (Å²) in [6.45, 7) is 2.28. The summed E-state index contributed by atoms with van der Waals surface area (Å²) in [5, 5.41) is 16.2. The Labute approximate surface area is 94.1 Å². The predicted octanol–water partition coefficient (Wildman–Crippen LogP) is 1.30. The van der Waals surface area contributed by atoms with Crippen LogP contribution in [0, 0.1) is 0 Å². The van der Waals surface area contributed by atoms with Gasteiger partial charge in [-0.1, -0.05) is 6.07 Å². The van der Waals surface area contributed by atoms with Crippen molar-refractivity contribution in [1.82, 2.24) is 14.6 Å². The molecule has 0 bridgehead atoms. The molecule has 1 atom stereocenters. The van der Waals surface area contributed by atoms with Crippen molar-refractivity contribution in [2.75, 3.05) is 11.9 Å². The van der Waals surface area contributed by atoms with Crippen LogP contribution in [0.15, 0.2) is 24.4 Å². The highest BCUT2D eigenvalue weighted by Gasteiger charge is 2.06. The monoisotopic (exact) mass is 220 g/mol. The van der Waals surface area contributed by atoms with Crippen LogP contribution >= 0.6 is 0 Å². The molecule has 0 spiro atoms. The third kappa shape index (κ3) is 2.49. The van der Waals surface area contributed by atoms with E-state index in [4.69, 9.17) is 5.11 Å². The molecular formula is C11H16N4O. The first-order chi connectivity index (χ1) is 7.79. The standard InChI is InChI=1S/C11H16N4O/c1-9(5-4-8-16)12-11-13-10-6-2-3-7-15(10)14-11/h2-3,6-7,9,16H,4-5,8H2,1H3,(H,12,14). The summed E-state index contributed by atoms with van der Waals surface area (Å²) in [7, 11) is 0. The largest absolute Gasteiger partial charge is 0.396 e. The van der Waals surface area contributed by atoms with E-state index in [1.807, 2.05) is 24.4 Å². The van der Waals surface area contributed by atoms with Crippen molar-refractivity contribution in [3.05, 3.63) is 24.4 Å². The van der Waals surface area contributed by atoms with Crippen LogP contribution < -0.4 is 5.32 Å². The number of aromatic nitrogens is 3. The molecule has 0 saturated carbocycles. The Morgan fingerprint density at radius 1 is 1.50 bits per heavy atom. The second-order valence-corrected chi connectivity index (χ2v) is 3.85. The summed E-state index contributed by atoms with van der Waals surface area (Å²) < 4.78 is 1.74. The van der Waals surface area contributed by atoms with E-state index >= 15 is 0 Å². The van der Waals surface area contributed by atoms with Crippen molar-refractivity contribution in [2.24, 2.45) is 0 Å². The molecule has 0 aliphatic heterocycles. The number of hydrogen-bond donors (Lipinski definition) is 2. The van der Waals surface area contributed by atoms with Crippen LogP contribution in [-0.4, -0.2) is 32.4 Å². The highest BCUT2D eigenvalue weighted by molar-refractivity contribution is 5.43. The highest BCUT2D eigenvalue weighted by atomic mass is 16.2. The number of nitrogens with one attached hydrogen (secondary N) is 1. The van der Waals surface area contributed by atoms with Gasteiger partial charge in [-0.3, -0.25) is 0 Å². The van der Waals surface area contributed by atoms with Crippen molar-refractivity contribution in [3.63, 3.8) is 0 Å². The minimum absolute atomic E-state index is 0.227. The zero-order valence-corrected chi connectivity index (χ0v) is 9.30. The van der Waals surface area contributed by atoms with Gasteiger partial charge in [0.15, 0.2) is 5.65 Å².